The Morgan fingerprint density at radius 1 is 1.27 bits per heavy atom. The summed E-state index contributed by atoms with van der Waals surface area (Å²) in [4.78, 5) is 26.0. The van der Waals surface area contributed by atoms with Crippen molar-refractivity contribution in [2.45, 2.75) is 58.0 Å². The van der Waals surface area contributed by atoms with E-state index in [4.69, 9.17) is 4.74 Å². The molecule has 1 atom stereocenters. The molecule has 1 unspecified atom stereocenters. The highest BCUT2D eigenvalue weighted by molar-refractivity contribution is 5.77. The van der Waals surface area contributed by atoms with Gasteiger partial charge in [0.05, 0.1) is 0 Å². The Kier molecular flexibility index (Phi) is 5.54. The maximum absolute atomic E-state index is 12.4. The van der Waals surface area contributed by atoms with Gasteiger partial charge in [-0.25, -0.2) is 0 Å². The number of benzene rings is 1. The van der Waals surface area contributed by atoms with Crippen LogP contribution in [0.3, 0.4) is 0 Å². The fourth-order valence-electron chi connectivity index (χ4n) is 4.08. The summed E-state index contributed by atoms with van der Waals surface area (Å²) in [5.41, 5.74) is 0.871. The maximum atomic E-state index is 12.4. The van der Waals surface area contributed by atoms with Gasteiger partial charge in [-0.2, -0.15) is 0 Å². The van der Waals surface area contributed by atoms with Crippen LogP contribution in [0.15, 0.2) is 24.3 Å². The van der Waals surface area contributed by atoms with Crippen LogP contribution in [0, 0.1) is 5.92 Å². The first-order valence-corrected chi connectivity index (χ1v) is 9.69. The van der Waals surface area contributed by atoms with Gasteiger partial charge >= 0.3 is 0 Å². The molecule has 26 heavy (non-hydrogen) atoms. The summed E-state index contributed by atoms with van der Waals surface area (Å²) in [6.45, 7) is 7.98. The van der Waals surface area contributed by atoms with E-state index in [1.54, 1.807) is 6.92 Å². The molecule has 2 aliphatic rings. The standard InChI is InChI=1S/C21H30N2O3/c1-15(2)14-22-20(25)12-17-13-21(8-10-23(11-9-21)16(3)24)26-19-7-5-4-6-18(17)19/h4-7,15,17H,8-14H2,1-3H3,(H,22,25). The number of fused-ring (bicyclic) bond motifs is 1. The summed E-state index contributed by atoms with van der Waals surface area (Å²) >= 11 is 0. The number of likely N-dealkylation sites (tertiary alicyclic amines) is 1. The van der Waals surface area contributed by atoms with Crippen molar-refractivity contribution in [3.63, 3.8) is 0 Å². The number of hydrogen-bond donors (Lipinski definition) is 1. The molecule has 0 aromatic heterocycles. The highest BCUT2D eigenvalue weighted by atomic mass is 16.5. The van der Waals surface area contributed by atoms with E-state index in [2.05, 4.69) is 25.2 Å². The number of hydrogen-bond acceptors (Lipinski definition) is 3. The second-order valence-corrected chi connectivity index (χ2v) is 8.13. The quantitative estimate of drug-likeness (QED) is 0.900. The Morgan fingerprint density at radius 2 is 1.96 bits per heavy atom. The van der Waals surface area contributed by atoms with Crippen molar-refractivity contribution in [3.05, 3.63) is 29.8 Å². The first-order chi connectivity index (χ1) is 12.4. The molecule has 1 N–H and O–H groups in total. The Bertz CT molecular complexity index is 663. The second kappa shape index (κ2) is 7.68. The molecule has 3 rings (SSSR count). The summed E-state index contributed by atoms with van der Waals surface area (Å²) in [5.74, 6) is 1.74. The zero-order chi connectivity index (χ0) is 18.7. The lowest BCUT2D eigenvalue weighted by molar-refractivity contribution is -0.132. The molecule has 5 nitrogen and oxygen atoms in total. The van der Waals surface area contributed by atoms with E-state index in [0.29, 0.717) is 18.9 Å². The van der Waals surface area contributed by atoms with E-state index in [9.17, 15) is 9.59 Å². The van der Waals surface area contributed by atoms with Crippen molar-refractivity contribution in [1.82, 2.24) is 10.2 Å². The van der Waals surface area contributed by atoms with Crippen LogP contribution in [0.25, 0.3) is 0 Å². The molecule has 1 saturated heterocycles. The van der Waals surface area contributed by atoms with Gasteiger partial charge in [-0.3, -0.25) is 9.59 Å². The van der Waals surface area contributed by atoms with Gasteiger partial charge in [-0.15, -0.1) is 0 Å². The van der Waals surface area contributed by atoms with Crippen molar-refractivity contribution in [2.75, 3.05) is 19.6 Å². The van der Waals surface area contributed by atoms with Crippen molar-refractivity contribution in [3.8, 4) is 5.75 Å². The minimum Gasteiger partial charge on any atom is -0.487 e. The first kappa shape index (κ1) is 18.7. The predicted molar refractivity (Wildman–Crippen MR) is 101 cm³/mol. The van der Waals surface area contributed by atoms with E-state index in [-0.39, 0.29) is 23.3 Å². The van der Waals surface area contributed by atoms with Crippen LogP contribution in [-0.4, -0.2) is 41.9 Å². The fraction of sp³-hybridized carbons (Fsp3) is 0.619. The normalized spacial score (nSPS) is 21.2. The molecule has 0 radical (unpaired) electrons. The van der Waals surface area contributed by atoms with Crippen LogP contribution in [0.2, 0.25) is 0 Å². The van der Waals surface area contributed by atoms with Crippen LogP contribution < -0.4 is 10.1 Å². The number of amides is 2. The molecule has 2 heterocycles. The van der Waals surface area contributed by atoms with E-state index >= 15 is 0 Å². The molecule has 0 aliphatic carbocycles. The molecule has 1 aromatic carbocycles. The number of ether oxygens (including phenoxy) is 1. The van der Waals surface area contributed by atoms with Crippen molar-refractivity contribution < 1.29 is 14.3 Å². The maximum Gasteiger partial charge on any atom is 0.220 e. The first-order valence-electron chi connectivity index (χ1n) is 9.69. The Balaban J connectivity index is 1.74. The largest absolute Gasteiger partial charge is 0.487 e. The van der Waals surface area contributed by atoms with Gasteiger partial charge in [-0.05, 0) is 24.0 Å². The number of carbonyl (C=O) groups excluding carboxylic acids is 2. The lowest BCUT2D eigenvalue weighted by atomic mass is 9.76. The summed E-state index contributed by atoms with van der Waals surface area (Å²) in [6, 6.07) is 8.08. The number of nitrogens with one attached hydrogen (secondary N) is 1. The third kappa shape index (κ3) is 4.19. The van der Waals surface area contributed by atoms with E-state index in [0.717, 1.165) is 43.7 Å². The molecule has 0 bridgehead atoms. The van der Waals surface area contributed by atoms with Crippen molar-refractivity contribution in [2.24, 2.45) is 5.92 Å². The van der Waals surface area contributed by atoms with Crippen LogP contribution in [0.4, 0.5) is 0 Å². The Labute approximate surface area is 156 Å². The molecule has 1 aromatic rings. The summed E-state index contributed by atoms with van der Waals surface area (Å²) < 4.78 is 6.43. The third-order valence-electron chi connectivity index (χ3n) is 5.56. The number of para-hydroxylation sites is 1. The van der Waals surface area contributed by atoms with Crippen LogP contribution in [-0.2, 0) is 9.59 Å². The molecular formula is C21H30N2O3. The summed E-state index contributed by atoms with van der Waals surface area (Å²) in [5, 5.41) is 3.04. The molecule has 1 spiro atoms. The minimum atomic E-state index is -0.261. The SMILES string of the molecule is CC(=O)N1CCC2(CC1)CC(CC(=O)NCC(C)C)c1ccccc1O2. The Hall–Kier alpha value is -2.04. The predicted octanol–water partition coefficient (Wildman–Crippen LogP) is 3.10. The average molecular weight is 358 g/mol. The molecule has 2 amide bonds. The van der Waals surface area contributed by atoms with Gasteiger partial charge in [0.2, 0.25) is 11.8 Å². The monoisotopic (exact) mass is 358 g/mol. The van der Waals surface area contributed by atoms with Gasteiger partial charge in [0.15, 0.2) is 0 Å². The van der Waals surface area contributed by atoms with E-state index in [1.165, 1.54) is 0 Å². The van der Waals surface area contributed by atoms with Crippen LogP contribution in [0.5, 0.6) is 5.75 Å². The van der Waals surface area contributed by atoms with Gasteiger partial charge in [0.1, 0.15) is 11.4 Å². The lowest BCUT2D eigenvalue weighted by Crippen LogP contribution is -2.51. The molecule has 5 heteroatoms. The summed E-state index contributed by atoms with van der Waals surface area (Å²) in [6.07, 6.45) is 2.98. The number of piperidine rings is 1. The molecule has 2 aliphatic heterocycles. The highest BCUT2D eigenvalue weighted by Gasteiger charge is 2.43. The molecule has 0 saturated carbocycles. The van der Waals surface area contributed by atoms with Gasteiger partial charge in [0.25, 0.3) is 0 Å². The smallest absolute Gasteiger partial charge is 0.220 e. The van der Waals surface area contributed by atoms with Gasteiger partial charge < -0.3 is 15.0 Å². The fourth-order valence-corrected chi connectivity index (χ4v) is 4.08. The zero-order valence-corrected chi connectivity index (χ0v) is 16.1. The molecule has 1 fully saturated rings. The molecular weight excluding hydrogens is 328 g/mol. The van der Waals surface area contributed by atoms with Gasteiger partial charge in [0, 0.05) is 51.7 Å². The van der Waals surface area contributed by atoms with Crippen LogP contribution >= 0.6 is 0 Å². The topological polar surface area (TPSA) is 58.6 Å². The third-order valence-corrected chi connectivity index (χ3v) is 5.56. The van der Waals surface area contributed by atoms with Crippen LogP contribution in [0.1, 0.15) is 57.9 Å². The number of nitrogens with zero attached hydrogens (tertiary/aromatic N) is 1. The lowest BCUT2D eigenvalue weighted by Gasteiger charge is -2.46. The highest BCUT2D eigenvalue weighted by Crippen LogP contribution is 2.46. The zero-order valence-electron chi connectivity index (χ0n) is 16.1. The molecule has 142 valence electrons. The average Bonchev–Trinajstić information content (AvgIpc) is 2.60. The van der Waals surface area contributed by atoms with E-state index in [1.807, 2.05) is 23.1 Å². The minimum absolute atomic E-state index is 0.108. The summed E-state index contributed by atoms with van der Waals surface area (Å²) in [7, 11) is 0. The number of carbonyl (C=O) groups is 2. The van der Waals surface area contributed by atoms with Crippen molar-refractivity contribution in [1.29, 1.82) is 0 Å². The van der Waals surface area contributed by atoms with E-state index < -0.39 is 0 Å². The number of rotatable bonds is 4. The van der Waals surface area contributed by atoms with Crippen molar-refractivity contribution >= 4 is 11.8 Å². The second-order valence-electron chi connectivity index (χ2n) is 8.13. The Morgan fingerprint density at radius 3 is 2.62 bits per heavy atom. The van der Waals surface area contributed by atoms with Gasteiger partial charge in [-0.1, -0.05) is 32.0 Å².